The van der Waals surface area contributed by atoms with E-state index in [4.69, 9.17) is 4.74 Å². The number of hydrogen-bond acceptors (Lipinski definition) is 4. The van der Waals surface area contributed by atoms with E-state index in [-0.39, 0.29) is 42.0 Å². The van der Waals surface area contributed by atoms with E-state index in [9.17, 15) is 4.79 Å². The monoisotopic (exact) mass is 541 g/mol. The number of aliphatic imine (C=N–C) groups is 1. The number of hydrogen-bond donors (Lipinski definition) is 2. The Morgan fingerprint density at radius 2 is 1.84 bits per heavy atom. The molecule has 8 heteroatoms. The first kappa shape index (κ1) is 24.3. The van der Waals surface area contributed by atoms with Gasteiger partial charge < -0.3 is 20.3 Å². The topological polar surface area (TPSA) is 69.2 Å². The third kappa shape index (κ3) is 5.70. The molecule has 1 saturated carbocycles. The molecule has 3 aliphatic rings. The lowest BCUT2D eigenvalue weighted by Gasteiger charge is -2.48. The summed E-state index contributed by atoms with van der Waals surface area (Å²) in [5.41, 5.74) is 2.45. The van der Waals surface area contributed by atoms with Crippen LogP contribution in [0.3, 0.4) is 0 Å². The SMILES string of the molecule is CN=C(NCC(=O)N1CCc2ccccc21)NCC1(N2CCOCC2)CCCCC1.I. The zero-order valence-electron chi connectivity index (χ0n) is 18.6. The molecule has 1 aromatic rings. The molecule has 1 amide bonds. The molecule has 0 atom stereocenters. The number of carbonyl (C=O) groups is 1. The maximum atomic E-state index is 12.8. The standard InChI is InChI=1S/C23H35N5O2.HI/c1-24-22(25-17-21(29)28-12-9-19-7-3-4-8-20(19)28)26-18-23(10-5-2-6-11-23)27-13-15-30-16-14-27;/h3-4,7-8H,2,5-6,9-18H2,1H3,(H2,24,25,26);1H. The number of amides is 1. The minimum atomic E-state index is 0. The van der Waals surface area contributed by atoms with Crippen molar-refractivity contribution in [1.82, 2.24) is 15.5 Å². The molecular weight excluding hydrogens is 505 g/mol. The van der Waals surface area contributed by atoms with Crippen LogP contribution in [0.5, 0.6) is 0 Å². The number of fused-ring (bicyclic) bond motifs is 1. The molecule has 2 aliphatic heterocycles. The van der Waals surface area contributed by atoms with Crippen molar-refractivity contribution in [2.75, 3.05) is 57.9 Å². The zero-order chi connectivity index (χ0) is 20.8. The lowest BCUT2D eigenvalue weighted by molar-refractivity contribution is -0.117. The number of guanidine groups is 1. The average molecular weight is 541 g/mol. The quantitative estimate of drug-likeness (QED) is 0.341. The highest BCUT2D eigenvalue weighted by Gasteiger charge is 2.38. The van der Waals surface area contributed by atoms with Gasteiger partial charge in [0.2, 0.25) is 5.91 Å². The molecule has 0 bridgehead atoms. The van der Waals surface area contributed by atoms with Crippen molar-refractivity contribution in [1.29, 1.82) is 0 Å². The van der Waals surface area contributed by atoms with E-state index < -0.39 is 0 Å². The molecule has 0 aromatic heterocycles. The maximum Gasteiger partial charge on any atom is 0.246 e. The molecule has 1 aromatic carbocycles. The molecule has 0 radical (unpaired) electrons. The summed E-state index contributed by atoms with van der Waals surface area (Å²) in [5.74, 6) is 0.789. The number of anilines is 1. The van der Waals surface area contributed by atoms with E-state index in [1.54, 1.807) is 7.05 Å². The van der Waals surface area contributed by atoms with Crippen molar-refractivity contribution in [3.63, 3.8) is 0 Å². The fourth-order valence-electron chi connectivity index (χ4n) is 5.17. The number of para-hydroxylation sites is 1. The maximum absolute atomic E-state index is 12.8. The molecule has 2 fully saturated rings. The van der Waals surface area contributed by atoms with Crippen LogP contribution < -0.4 is 15.5 Å². The Morgan fingerprint density at radius 1 is 1.10 bits per heavy atom. The number of nitrogens with one attached hydrogen (secondary N) is 2. The van der Waals surface area contributed by atoms with E-state index in [0.717, 1.165) is 51.5 Å². The molecule has 4 rings (SSSR count). The highest BCUT2D eigenvalue weighted by Crippen LogP contribution is 2.34. The Bertz CT molecular complexity index is 760. The van der Waals surface area contributed by atoms with Crippen LogP contribution in [0.2, 0.25) is 0 Å². The van der Waals surface area contributed by atoms with Gasteiger partial charge in [-0.15, -0.1) is 24.0 Å². The fourth-order valence-corrected chi connectivity index (χ4v) is 5.17. The molecule has 2 N–H and O–H groups in total. The minimum absolute atomic E-state index is 0. The van der Waals surface area contributed by atoms with Crippen molar-refractivity contribution >= 4 is 41.5 Å². The van der Waals surface area contributed by atoms with Crippen molar-refractivity contribution < 1.29 is 9.53 Å². The molecule has 7 nitrogen and oxygen atoms in total. The van der Waals surface area contributed by atoms with Gasteiger partial charge in [-0.1, -0.05) is 37.5 Å². The van der Waals surface area contributed by atoms with Gasteiger partial charge in [0.05, 0.1) is 19.8 Å². The number of morpholine rings is 1. The van der Waals surface area contributed by atoms with Crippen LogP contribution in [0, 0.1) is 0 Å². The third-order valence-electron chi connectivity index (χ3n) is 6.87. The number of carbonyl (C=O) groups excluding carboxylic acids is 1. The van der Waals surface area contributed by atoms with E-state index >= 15 is 0 Å². The van der Waals surface area contributed by atoms with E-state index in [0.29, 0.717) is 5.96 Å². The van der Waals surface area contributed by atoms with Gasteiger partial charge >= 0.3 is 0 Å². The normalized spacial score (nSPS) is 21.2. The Labute approximate surface area is 203 Å². The average Bonchev–Trinajstić information content (AvgIpc) is 3.24. The number of ether oxygens (including phenoxy) is 1. The summed E-state index contributed by atoms with van der Waals surface area (Å²) in [4.78, 5) is 21.7. The van der Waals surface area contributed by atoms with Crippen molar-refractivity contribution in [2.45, 2.75) is 44.1 Å². The summed E-state index contributed by atoms with van der Waals surface area (Å²) >= 11 is 0. The van der Waals surface area contributed by atoms with E-state index in [2.05, 4.69) is 26.6 Å². The van der Waals surface area contributed by atoms with Crippen LogP contribution in [0.15, 0.2) is 29.3 Å². The van der Waals surface area contributed by atoms with Gasteiger partial charge in [-0.25, -0.2) is 0 Å². The van der Waals surface area contributed by atoms with Gasteiger partial charge in [-0.05, 0) is 30.9 Å². The van der Waals surface area contributed by atoms with Gasteiger partial charge in [-0.3, -0.25) is 14.7 Å². The molecule has 31 heavy (non-hydrogen) atoms. The van der Waals surface area contributed by atoms with Crippen molar-refractivity contribution in [3.8, 4) is 0 Å². The van der Waals surface area contributed by atoms with Gasteiger partial charge in [0, 0.05) is 44.5 Å². The lowest BCUT2D eigenvalue weighted by atomic mass is 9.80. The number of nitrogens with zero attached hydrogens (tertiary/aromatic N) is 3. The molecule has 0 unspecified atom stereocenters. The van der Waals surface area contributed by atoms with Gasteiger partial charge in [0.1, 0.15) is 0 Å². The molecule has 1 aliphatic carbocycles. The summed E-state index contributed by atoms with van der Waals surface area (Å²) in [6.45, 7) is 5.50. The Kier molecular flexibility index (Phi) is 8.97. The first-order valence-electron chi connectivity index (χ1n) is 11.4. The fraction of sp³-hybridized carbons (Fsp3) is 0.652. The lowest BCUT2D eigenvalue weighted by Crippen LogP contribution is -2.60. The molecule has 0 spiro atoms. The zero-order valence-corrected chi connectivity index (χ0v) is 20.9. The van der Waals surface area contributed by atoms with Crippen LogP contribution in [0.4, 0.5) is 5.69 Å². The number of rotatable bonds is 5. The Morgan fingerprint density at radius 3 is 2.58 bits per heavy atom. The van der Waals surface area contributed by atoms with Gasteiger partial charge in [0.25, 0.3) is 0 Å². The van der Waals surface area contributed by atoms with Crippen LogP contribution in [0.25, 0.3) is 0 Å². The summed E-state index contributed by atoms with van der Waals surface area (Å²) < 4.78 is 5.58. The molecule has 2 heterocycles. The van der Waals surface area contributed by atoms with E-state index in [1.165, 1.54) is 37.7 Å². The van der Waals surface area contributed by atoms with Crippen LogP contribution >= 0.6 is 24.0 Å². The number of halogens is 1. The first-order chi connectivity index (χ1) is 14.7. The van der Waals surface area contributed by atoms with Gasteiger partial charge in [0.15, 0.2) is 5.96 Å². The van der Waals surface area contributed by atoms with Crippen molar-refractivity contribution in [2.24, 2.45) is 4.99 Å². The summed E-state index contributed by atoms with van der Waals surface area (Å²) in [6.07, 6.45) is 7.22. The molecular formula is C23H36IN5O2. The van der Waals surface area contributed by atoms with Crippen LogP contribution in [-0.2, 0) is 16.0 Å². The second kappa shape index (κ2) is 11.5. The van der Waals surface area contributed by atoms with E-state index in [1.807, 2.05) is 23.1 Å². The Hall–Kier alpha value is -1.39. The third-order valence-corrected chi connectivity index (χ3v) is 6.87. The van der Waals surface area contributed by atoms with Crippen LogP contribution in [-0.4, -0.2) is 75.3 Å². The molecule has 172 valence electrons. The second-order valence-corrected chi connectivity index (χ2v) is 8.59. The van der Waals surface area contributed by atoms with Gasteiger partial charge in [-0.2, -0.15) is 0 Å². The minimum Gasteiger partial charge on any atom is -0.379 e. The predicted octanol–water partition coefficient (Wildman–Crippen LogP) is 2.39. The van der Waals surface area contributed by atoms with Crippen molar-refractivity contribution in [3.05, 3.63) is 29.8 Å². The molecule has 1 saturated heterocycles. The highest BCUT2D eigenvalue weighted by atomic mass is 127. The predicted molar refractivity (Wildman–Crippen MR) is 135 cm³/mol. The summed E-state index contributed by atoms with van der Waals surface area (Å²) in [5, 5.41) is 6.77. The smallest absolute Gasteiger partial charge is 0.246 e. The van der Waals surface area contributed by atoms with Crippen LogP contribution in [0.1, 0.15) is 37.7 Å². The summed E-state index contributed by atoms with van der Waals surface area (Å²) in [7, 11) is 1.77. The second-order valence-electron chi connectivity index (χ2n) is 8.59. The Balaban J connectivity index is 0.00000272. The largest absolute Gasteiger partial charge is 0.379 e. The summed E-state index contributed by atoms with van der Waals surface area (Å²) in [6, 6.07) is 8.16. The first-order valence-corrected chi connectivity index (χ1v) is 11.4. The highest BCUT2D eigenvalue weighted by molar-refractivity contribution is 14.0. The number of benzene rings is 1.